The van der Waals surface area contributed by atoms with E-state index in [1.807, 2.05) is 0 Å². The fourth-order valence-corrected chi connectivity index (χ4v) is 3.71. The number of rotatable bonds is 2. The summed E-state index contributed by atoms with van der Waals surface area (Å²) in [5.74, 6) is 0.487. The SMILES string of the molecule is ClCc1nc(-c2ccc3c(c2)Cc2ccccc2-3)cs1. The molecule has 0 N–H and O–H groups in total. The predicted molar refractivity (Wildman–Crippen MR) is 85.3 cm³/mol. The number of alkyl halides is 1. The minimum absolute atomic E-state index is 0.487. The fraction of sp³-hybridized carbons (Fsp3) is 0.118. The summed E-state index contributed by atoms with van der Waals surface area (Å²) >= 11 is 7.45. The Kier molecular flexibility index (Phi) is 2.86. The summed E-state index contributed by atoms with van der Waals surface area (Å²) in [5, 5.41) is 3.06. The molecule has 0 spiro atoms. The number of halogens is 1. The van der Waals surface area contributed by atoms with Gasteiger partial charge in [0.1, 0.15) is 5.01 Å². The molecule has 0 radical (unpaired) electrons. The average Bonchev–Trinajstić information content (AvgIpc) is 3.10. The molecule has 98 valence electrons. The van der Waals surface area contributed by atoms with E-state index in [0.29, 0.717) is 5.88 Å². The van der Waals surface area contributed by atoms with Crippen LogP contribution < -0.4 is 0 Å². The molecule has 1 aliphatic carbocycles. The second-order valence-electron chi connectivity index (χ2n) is 4.97. The normalized spacial score (nSPS) is 12.2. The Bertz CT molecular complexity index is 791. The first-order chi connectivity index (χ1) is 9.85. The van der Waals surface area contributed by atoms with Gasteiger partial charge >= 0.3 is 0 Å². The molecule has 1 heterocycles. The lowest BCUT2D eigenvalue weighted by Gasteiger charge is -2.03. The maximum atomic E-state index is 5.83. The molecule has 0 saturated carbocycles. The predicted octanol–water partition coefficient (Wildman–Crippen LogP) is 5.12. The Morgan fingerprint density at radius 1 is 1.05 bits per heavy atom. The zero-order valence-electron chi connectivity index (χ0n) is 10.8. The monoisotopic (exact) mass is 297 g/mol. The van der Waals surface area contributed by atoms with Gasteiger partial charge < -0.3 is 0 Å². The number of hydrogen-bond donors (Lipinski definition) is 0. The lowest BCUT2D eigenvalue weighted by Crippen LogP contribution is -1.84. The highest BCUT2D eigenvalue weighted by molar-refractivity contribution is 7.10. The zero-order valence-corrected chi connectivity index (χ0v) is 12.3. The van der Waals surface area contributed by atoms with Crippen molar-refractivity contribution in [3.05, 3.63) is 64.0 Å². The summed E-state index contributed by atoms with van der Waals surface area (Å²) in [4.78, 5) is 4.56. The van der Waals surface area contributed by atoms with Gasteiger partial charge in [0.2, 0.25) is 0 Å². The molecular formula is C17H12ClNS. The molecule has 0 saturated heterocycles. The average molecular weight is 298 g/mol. The van der Waals surface area contributed by atoms with E-state index in [1.54, 1.807) is 11.3 Å². The molecule has 1 aliphatic rings. The first-order valence-electron chi connectivity index (χ1n) is 6.57. The van der Waals surface area contributed by atoms with Crippen molar-refractivity contribution in [1.82, 2.24) is 4.98 Å². The molecule has 0 bridgehead atoms. The van der Waals surface area contributed by atoms with Crippen molar-refractivity contribution in [2.24, 2.45) is 0 Å². The maximum absolute atomic E-state index is 5.83. The van der Waals surface area contributed by atoms with Crippen LogP contribution in [-0.2, 0) is 12.3 Å². The largest absolute Gasteiger partial charge is 0.240 e. The van der Waals surface area contributed by atoms with Gasteiger partial charge in [-0.15, -0.1) is 22.9 Å². The molecular weight excluding hydrogens is 286 g/mol. The van der Waals surface area contributed by atoms with E-state index in [0.717, 1.165) is 17.1 Å². The third-order valence-electron chi connectivity index (χ3n) is 3.76. The highest BCUT2D eigenvalue weighted by Crippen LogP contribution is 2.38. The lowest BCUT2D eigenvalue weighted by molar-refractivity contribution is 1.24. The van der Waals surface area contributed by atoms with Gasteiger partial charge in [-0.05, 0) is 34.7 Å². The Morgan fingerprint density at radius 2 is 1.90 bits per heavy atom. The molecule has 0 aliphatic heterocycles. The first kappa shape index (κ1) is 12.1. The first-order valence-corrected chi connectivity index (χ1v) is 7.98. The molecule has 0 atom stereocenters. The van der Waals surface area contributed by atoms with Crippen LogP contribution in [0.4, 0.5) is 0 Å². The summed E-state index contributed by atoms with van der Waals surface area (Å²) in [7, 11) is 0. The van der Waals surface area contributed by atoms with Crippen molar-refractivity contribution in [3.63, 3.8) is 0 Å². The summed E-state index contributed by atoms with van der Waals surface area (Å²) < 4.78 is 0. The molecule has 20 heavy (non-hydrogen) atoms. The van der Waals surface area contributed by atoms with Gasteiger partial charge in [0, 0.05) is 10.9 Å². The molecule has 1 aromatic heterocycles. The topological polar surface area (TPSA) is 12.9 Å². The lowest BCUT2D eigenvalue weighted by atomic mass is 10.0. The molecule has 0 unspecified atom stereocenters. The van der Waals surface area contributed by atoms with E-state index < -0.39 is 0 Å². The molecule has 3 heteroatoms. The zero-order chi connectivity index (χ0) is 13.5. The third-order valence-corrected chi connectivity index (χ3v) is 5.02. The van der Waals surface area contributed by atoms with E-state index in [2.05, 4.69) is 52.8 Å². The van der Waals surface area contributed by atoms with E-state index >= 15 is 0 Å². The van der Waals surface area contributed by atoms with Gasteiger partial charge in [0.15, 0.2) is 0 Å². The van der Waals surface area contributed by atoms with Crippen molar-refractivity contribution in [2.75, 3.05) is 0 Å². The van der Waals surface area contributed by atoms with Gasteiger partial charge in [-0.1, -0.05) is 36.4 Å². The highest BCUT2D eigenvalue weighted by atomic mass is 35.5. The van der Waals surface area contributed by atoms with Crippen LogP contribution in [0, 0.1) is 0 Å². The molecule has 0 amide bonds. The summed E-state index contributed by atoms with van der Waals surface area (Å²) in [6.45, 7) is 0. The number of nitrogens with zero attached hydrogens (tertiary/aromatic N) is 1. The number of benzene rings is 2. The van der Waals surface area contributed by atoms with Crippen molar-refractivity contribution in [2.45, 2.75) is 12.3 Å². The summed E-state index contributed by atoms with van der Waals surface area (Å²) in [6.07, 6.45) is 1.02. The smallest absolute Gasteiger partial charge is 0.108 e. The van der Waals surface area contributed by atoms with Crippen LogP contribution in [0.15, 0.2) is 47.8 Å². The highest BCUT2D eigenvalue weighted by Gasteiger charge is 2.18. The Morgan fingerprint density at radius 3 is 2.75 bits per heavy atom. The second-order valence-corrected chi connectivity index (χ2v) is 6.18. The van der Waals surface area contributed by atoms with Crippen LogP contribution in [0.3, 0.4) is 0 Å². The van der Waals surface area contributed by atoms with E-state index in [-0.39, 0.29) is 0 Å². The minimum atomic E-state index is 0.487. The quantitative estimate of drug-likeness (QED) is 0.468. The summed E-state index contributed by atoms with van der Waals surface area (Å²) in [6, 6.07) is 15.3. The van der Waals surface area contributed by atoms with Gasteiger partial charge in [0.05, 0.1) is 11.6 Å². The number of hydrogen-bond acceptors (Lipinski definition) is 2. The van der Waals surface area contributed by atoms with Crippen LogP contribution in [0.1, 0.15) is 16.1 Å². The van der Waals surface area contributed by atoms with E-state index in [9.17, 15) is 0 Å². The van der Waals surface area contributed by atoms with E-state index in [1.165, 1.54) is 27.8 Å². The standard InChI is InChI=1S/C17H12ClNS/c18-9-17-19-16(10-20-17)12-5-6-15-13(8-12)7-11-3-1-2-4-14(11)15/h1-6,8,10H,7,9H2. The molecule has 2 aromatic carbocycles. The van der Waals surface area contributed by atoms with Gasteiger partial charge in [-0.25, -0.2) is 4.98 Å². The molecule has 3 aromatic rings. The van der Waals surface area contributed by atoms with E-state index in [4.69, 9.17) is 11.6 Å². The van der Waals surface area contributed by atoms with Gasteiger partial charge in [-0.3, -0.25) is 0 Å². The van der Waals surface area contributed by atoms with Crippen LogP contribution in [0.5, 0.6) is 0 Å². The van der Waals surface area contributed by atoms with Gasteiger partial charge in [-0.2, -0.15) is 0 Å². The summed E-state index contributed by atoms with van der Waals surface area (Å²) in [5.41, 5.74) is 7.75. The number of fused-ring (bicyclic) bond motifs is 3. The minimum Gasteiger partial charge on any atom is -0.240 e. The Balaban J connectivity index is 1.78. The molecule has 4 rings (SSSR count). The van der Waals surface area contributed by atoms with Crippen LogP contribution in [-0.4, -0.2) is 4.98 Å². The van der Waals surface area contributed by atoms with Crippen molar-refractivity contribution in [1.29, 1.82) is 0 Å². The van der Waals surface area contributed by atoms with Crippen molar-refractivity contribution < 1.29 is 0 Å². The third kappa shape index (κ3) is 1.88. The molecule has 1 nitrogen and oxygen atoms in total. The second kappa shape index (κ2) is 4.72. The van der Waals surface area contributed by atoms with Crippen molar-refractivity contribution in [3.8, 4) is 22.4 Å². The Labute approximate surface area is 126 Å². The Hall–Kier alpha value is -1.64. The fourth-order valence-electron chi connectivity index (χ4n) is 2.81. The van der Waals surface area contributed by atoms with Crippen LogP contribution in [0.25, 0.3) is 22.4 Å². The van der Waals surface area contributed by atoms with Crippen molar-refractivity contribution >= 4 is 22.9 Å². The van der Waals surface area contributed by atoms with Crippen LogP contribution >= 0.6 is 22.9 Å². The maximum Gasteiger partial charge on any atom is 0.108 e. The number of aromatic nitrogens is 1. The van der Waals surface area contributed by atoms with Crippen LogP contribution in [0.2, 0.25) is 0 Å². The molecule has 0 fully saturated rings. The number of thiazole rings is 1. The van der Waals surface area contributed by atoms with Gasteiger partial charge in [0.25, 0.3) is 0 Å².